The van der Waals surface area contributed by atoms with Gasteiger partial charge in [-0.2, -0.15) is 0 Å². The Balaban J connectivity index is 1.92. The van der Waals surface area contributed by atoms with Crippen LogP contribution >= 0.6 is 0 Å². The summed E-state index contributed by atoms with van der Waals surface area (Å²) < 4.78 is 7.74. The molecule has 0 fully saturated rings. The quantitative estimate of drug-likeness (QED) is 0.872. The van der Waals surface area contributed by atoms with Gasteiger partial charge in [-0.25, -0.2) is 4.98 Å². The molecule has 2 aromatic rings. The Morgan fingerprint density at radius 2 is 2.18 bits per heavy atom. The Kier molecular flexibility index (Phi) is 4.13. The third-order valence-corrected chi connectivity index (χ3v) is 4.09. The van der Waals surface area contributed by atoms with Gasteiger partial charge in [-0.15, -0.1) is 0 Å². The van der Waals surface area contributed by atoms with Crippen molar-refractivity contribution in [3.8, 4) is 5.88 Å². The molecule has 0 N–H and O–H groups in total. The fourth-order valence-electron chi connectivity index (χ4n) is 3.10. The predicted octanol–water partition coefficient (Wildman–Crippen LogP) is 2.89. The van der Waals surface area contributed by atoms with Crippen molar-refractivity contribution >= 4 is 5.91 Å². The second kappa shape index (κ2) is 6.22. The first-order chi connectivity index (χ1) is 10.8. The first-order valence-corrected chi connectivity index (χ1v) is 7.80. The van der Waals surface area contributed by atoms with E-state index in [1.165, 1.54) is 5.69 Å². The van der Waals surface area contributed by atoms with Crippen LogP contribution in [0.1, 0.15) is 42.4 Å². The molecular weight excluding hydrogens is 278 g/mol. The molecule has 0 aliphatic carbocycles. The van der Waals surface area contributed by atoms with Crippen molar-refractivity contribution in [1.29, 1.82) is 0 Å². The second-order valence-corrected chi connectivity index (χ2v) is 5.34. The standard InChI is InChI=1S/C17H21N3O2/c1-3-14-15-8-6-10-19(15)11-12-20(14)17(21)13-7-5-9-18-16(13)22-4-2/h5-10,14H,3-4,11-12H2,1-2H3/t14-/m0/s1. The third kappa shape index (κ3) is 2.47. The highest BCUT2D eigenvalue weighted by molar-refractivity contribution is 5.96. The van der Waals surface area contributed by atoms with E-state index in [2.05, 4.69) is 28.7 Å². The normalized spacial score (nSPS) is 17.2. The molecule has 0 radical (unpaired) electrons. The monoisotopic (exact) mass is 299 g/mol. The van der Waals surface area contributed by atoms with Crippen molar-refractivity contribution in [2.45, 2.75) is 32.9 Å². The average molecular weight is 299 g/mol. The van der Waals surface area contributed by atoms with Gasteiger partial charge in [0.25, 0.3) is 5.91 Å². The number of nitrogens with zero attached hydrogens (tertiary/aromatic N) is 3. The zero-order valence-electron chi connectivity index (χ0n) is 13.0. The number of hydrogen-bond donors (Lipinski definition) is 0. The van der Waals surface area contributed by atoms with Gasteiger partial charge in [-0.1, -0.05) is 6.92 Å². The van der Waals surface area contributed by atoms with Crippen LogP contribution in [-0.4, -0.2) is 33.5 Å². The molecule has 1 atom stereocenters. The number of rotatable bonds is 4. The lowest BCUT2D eigenvalue weighted by Crippen LogP contribution is -2.41. The number of hydrogen-bond acceptors (Lipinski definition) is 3. The largest absolute Gasteiger partial charge is 0.477 e. The van der Waals surface area contributed by atoms with Gasteiger partial charge >= 0.3 is 0 Å². The van der Waals surface area contributed by atoms with Gasteiger partial charge in [0, 0.05) is 31.2 Å². The van der Waals surface area contributed by atoms with Crippen LogP contribution in [-0.2, 0) is 6.54 Å². The molecule has 0 saturated carbocycles. The molecule has 1 amide bonds. The Hall–Kier alpha value is -2.30. The predicted molar refractivity (Wildman–Crippen MR) is 83.9 cm³/mol. The molecule has 3 rings (SSSR count). The molecule has 22 heavy (non-hydrogen) atoms. The number of pyridine rings is 1. The molecule has 5 heteroatoms. The van der Waals surface area contributed by atoms with Crippen molar-refractivity contribution in [3.63, 3.8) is 0 Å². The number of amides is 1. The van der Waals surface area contributed by atoms with Gasteiger partial charge in [0.05, 0.1) is 12.6 Å². The van der Waals surface area contributed by atoms with E-state index in [1.54, 1.807) is 18.3 Å². The van der Waals surface area contributed by atoms with Gasteiger partial charge in [0.2, 0.25) is 5.88 Å². The Morgan fingerprint density at radius 3 is 2.95 bits per heavy atom. The smallest absolute Gasteiger partial charge is 0.259 e. The van der Waals surface area contributed by atoms with E-state index in [1.807, 2.05) is 17.9 Å². The summed E-state index contributed by atoms with van der Waals surface area (Å²) in [5.41, 5.74) is 1.74. The van der Waals surface area contributed by atoms with Crippen LogP contribution in [0.2, 0.25) is 0 Å². The molecule has 0 aromatic carbocycles. The Morgan fingerprint density at radius 1 is 1.32 bits per heavy atom. The van der Waals surface area contributed by atoms with E-state index in [0.717, 1.165) is 13.0 Å². The highest BCUT2D eigenvalue weighted by Crippen LogP contribution is 2.31. The van der Waals surface area contributed by atoms with Crippen molar-refractivity contribution in [2.24, 2.45) is 0 Å². The summed E-state index contributed by atoms with van der Waals surface area (Å²) in [5, 5.41) is 0. The number of fused-ring (bicyclic) bond motifs is 1. The number of ether oxygens (including phenoxy) is 1. The molecule has 0 bridgehead atoms. The van der Waals surface area contributed by atoms with Crippen molar-refractivity contribution < 1.29 is 9.53 Å². The molecule has 2 aromatic heterocycles. The maximum absolute atomic E-state index is 13.0. The van der Waals surface area contributed by atoms with Crippen LogP contribution in [0.4, 0.5) is 0 Å². The van der Waals surface area contributed by atoms with Gasteiger partial charge in [-0.3, -0.25) is 4.79 Å². The zero-order valence-corrected chi connectivity index (χ0v) is 13.0. The summed E-state index contributed by atoms with van der Waals surface area (Å²) in [6, 6.07) is 7.82. The van der Waals surface area contributed by atoms with Gasteiger partial charge in [0.15, 0.2) is 0 Å². The molecule has 5 nitrogen and oxygen atoms in total. The second-order valence-electron chi connectivity index (χ2n) is 5.34. The van der Waals surface area contributed by atoms with E-state index < -0.39 is 0 Å². The van der Waals surface area contributed by atoms with Crippen molar-refractivity contribution in [3.05, 3.63) is 47.9 Å². The van der Waals surface area contributed by atoms with Gasteiger partial charge in [-0.05, 0) is 37.6 Å². The summed E-state index contributed by atoms with van der Waals surface area (Å²) in [6.45, 7) is 6.04. The Bertz CT molecular complexity index is 665. The molecule has 0 spiro atoms. The topological polar surface area (TPSA) is 47.4 Å². The van der Waals surface area contributed by atoms with Crippen LogP contribution in [0.5, 0.6) is 5.88 Å². The first-order valence-electron chi connectivity index (χ1n) is 7.80. The third-order valence-electron chi connectivity index (χ3n) is 4.09. The summed E-state index contributed by atoms with van der Waals surface area (Å²) in [7, 11) is 0. The Labute approximate surface area is 130 Å². The number of aromatic nitrogens is 2. The lowest BCUT2D eigenvalue weighted by atomic mass is 10.1. The summed E-state index contributed by atoms with van der Waals surface area (Å²) >= 11 is 0. The van der Waals surface area contributed by atoms with E-state index in [4.69, 9.17) is 4.74 Å². The fraction of sp³-hybridized carbons (Fsp3) is 0.412. The molecule has 0 saturated heterocycles. The van der Waals surface area contributed by atoms with Crippen molar-refractivity contribution in [1.82, 2.24) is 14.5 Å². The van der Waals surface area contributed by atoms with E-state index in [-0.39, 0.29) is 11.9 Å². The number of carbonyl (C=O) groups excluding carboxylic acids is 1. The summed E-state index contributed by atoms with van der Waals surface area (Å²) in [5.74, 6) is 0.418. The maximum Gasteiger partial charge on any atom is 0.259 e. The molecule has 3 heterocycles. The van der Waals surface area contributed by atoms with Crippen LogP contribution in [0, 0.1) is 0 Å². The van der Waals surface area contributed by atoms with E-state index in [0.29, 0.717) is 24.6 Å². The average Bonchev–Trinajstić information content (AvgIpc) is 3.02. The molecule has 1 aliphatic heterocycles. The van der Waals surface area contributed by atoms with Crippen LogP contribution in [0.25, 0.3) is 0 Å². The van der Waals surface area contributed by atoms with Crippen LogP contribution in [0.15, 0.2) is 36.7 Å². The number of carbonyl (C=O) groups is 1. The fourth-order valence-corrected chi connectivity index (χ4v) is 3.10. The summed E-state index contributed by atoms with van der Waals surface area (Å²) in [6.07, 6.45) is 4.62. The molecule has 1 aliphatic rings. The molecule has 116 valence electrons. The highest BCUT2D eigenvalue weighted by atomic mass is 16.5. The van der Waals surface area contributed by atoms with E-state index in [9.17, 15) is 4.79 Å². The van der Waals surface area contributed by atoms with Gasteiger partial charge in [0.1, 0.15) is 5.56 Å². The van der Waals surface area contributed by atoms with E-state index >= 15 is 0 Å². The lowest BCUT2D eigenvalue weighted by molar-refractivity contribution is 0.0613. The maximum atomic E-state index is 13.0. The summed E-state index contributed by atoms with van der Waals surface area (Å²) in [4.78, 5) is 19.1. The minimum atomic E-state index is -0.00384. The minimum Gasteiger partial charge on any atom is -0.477 e. The SMILES string of the molecule is CCOc1ncccc1C(=O)N1CCn2cccc2[C@@H]1CC. The van der Waals surface area contributed by atoms with Crippen molar-refractivity contribution in [2.75, 3.05) is 13.2 Å². The lowest BCUT2D eigenvalue weighted by Gasteiger charge is -2.36. The molecule has 0 unspecified atom stereocenters. The zero-order chi connectivity index (χ0) is 15.5. The van der Waals surface area contributed by atoms with Crippen LogP contribution < -0.4 is 4.74 Å². The minimum absolute atomic E-state index is 0.00384. The highest BCUT2D eigenvalue weighted by Gasteiger charge is 2.31. The van der Waals surface area contributed by atoms with Crippen LogP contribution in [0.3, 0.4) is 0 Å². The van der Waals surface area contributed by atoms with Gasteiger partial charge < -0.3 is 14.2 Å². The molecular formula is C17H21N3O2. The first kappa shape index (κ1) is 14.6.